The van der Waals surface area contributed by atoms with Crippen molar-refractivity contribution in [1.29, 1.82) is 0 Å². The monoisotopic (exact) mass is 242 g/mol. The molecule has 0 aliphatic carbocycles. The third-order valence-electron chi connectivity index (χ3n) is 3.30. The highest BCUT2D eigenvalue weighted by Gasteiger charge is 2.32. The van der Waals surface area contributed by atoms with Crippen molar-refractivity contribution in [2.24, 2.45) is 5.92 Å². The highest BCUT2D eigenvalue weighted by atomic mass is 16.5. The molecule has 2 aliphatic heterocycles. The van der Waals surface area contributed by atoms with E-state index in [1.54, 1.807) is 4.90 Å². The van der Waals surface area contributed by atoms with Gasteiger partial charge in [-0.1, -0.05) is 0 Å². The first kappa shape index (κ1) is 12.3. The second kappa shape index (κ2) is 5.46. The second-order valence-corrected chi connectivity index (χ2v) is 4.54. The molecule has 0 saturated carbocycles. The van der Waals surface area contributed by atoms with Crippen LogP contribution in [0.5, 0.6) is 0 Å². The maximum atomic E-state index is 12.1. The topological polar surface area (TPSA) is 78.9 Å². The minimum absolute atomic E-state index is 0.0318. The summed E-state index contributed by atoms with van der Waals surface area (Å²) in [4.78, 5) is 24.7. The number of piperidine rings is 1. The lowest BCUT2D eigenvalue weighted by atomic mass is 9.97. The summed E-state index contributed by atoms with van der Waals surface area (Å²) in [7, 11) is 0. The maximum Gasteiger partial charge on any atom is 0.308 e. The largest absolute Gasteiger partial charge is 0.481 e. The van der Waals surface area contributed by atoms with E-state index >= 15 is 0 Å². The number of amides is 1. The predicted octanol–water partition coefficient (Wildman–Crippen LogP) is -0.702. The lowest BCUT2D eigenvalue weighted by molar-refractivity contribution is -0.147. The molecule has 2 fully saturated rings. The Morgan fingerprint density at radius 1 is 1.41 bits per heavy atom. The molecule has 2 atom stereocenters. The molecule has 0 bridgehead atoms. The van der Waals surface area contributed by atoms with E-state index in [-0.39, 0.29) is 11.9 Å². The number of nitrogens with zero attached hydrogens (tertiary/aromatic N) is 1. The Kier molecular flexibility index (Phi) is 3.96. The van der Waals surface area contributed by atoms with Gasteiger partial charge in [-0.3, -0.25) is 9.59 Å². The molecule has 2 rings (SSSR count). The second-order valence-electron chi connectivity index (χ2n) is 4.54. The third-order valence-corrected chi connectivity index (χ3v) is 3.30. The Morgan fingerprint density at radius 2 is 2.24 bits per heavy atom. The van der Waals surface area contributed by atoms with Crippen LogP contribution in [-0.4, -0.2) is 60.8 Å². The number of hydrogen-bond donors (Lipinski definition) is 2. The first-order valence-electron chi connectivity index (χ1n) is 6.01. The molecule has 2 N–H and O–H groups in total. The van der Waals surface area contributed by atoms with Crippen molar-refractivity contribution in [3.63, 3.8) is 0 Å². The number of morpholine rings is 1. The molecule has 0 aromatic rings. The van der Waals surface area contributed by atoms with Gasteiger partial charge in [0.25, 0.3) is 0 Å². The van der Waals surface area contributed by atoms with Crippen molar-refractivity contribution in [3.8, 4) is 0 Å². The lowest BCUT2D eigenvalue weighted by Crippen LogP contribution is -2.55. The van der Waals surface area contributed by atoms with E-state index in [1.165, 1.54) is 0 Å². The highest BCUT2D eigenvalue weighted by Crippen LogP contribution is 2.17. The highest BCUT2D eigenvalue weighted by molar-refractivity contribution is 5.83. The minimum Gasteiger partial charge on any atom is -0.481 e. The molecule has 1 unspecified atom stereocenters. The van der Waals surface area contributed by atoms with Gasteiger partial charge in [-0.05, 0) is 12.8 Å². The molecule has 6 heteroatoms. The van der Waals surface area contributed by atoms with Crippen LogP contribution in [0.3, 0.4) is 0 Å². The van der Waals surface area contributed by atoms with E-state index in [9.17, 15) is 9.59 Å². The van der Waals surface area contributed by atoms with Crippen molar-refractivity contribution < 1.29 is 19.4 Å². The zero-order valence-electron chi connectivity index (χ0n) is 9.72. The predicted molar refractivity (Wildman–Crippen MR) is 59.5 cm³/mol. The van der Waals surface area contributed by atoms with Crippen molar-refractivity contribution in [3.05, 3.63) is 0 Å². The Hall–Kier alpha value is -1.14. The number of likely N-dealkylation sites (tertiary alicyclic amines) is 1. The van der Waals surface area contributed by atoms with Crippen LogP contribution in [0.25, 0.3) is 0 Å². The Bertz CT molecular complexity index is 302. The average Bonchev–Trinajstić information content (AvgIpc) is 2.39. The standard InChI is InChI=1S/C11H18N2O4/c14-10(9-7-17-5-3-12-9)13-4-1-2-8(6-13)11(15)16/h8-9,12H,1-7H2,(H,15,16)/t8-,9?/m1/s1. The van der Waals surface area contributed by atoms with E-state index in [4.69, 9.17) is 9.84 Å². The van der Waals surface area contributed by atoms with Crippen molar-refractivity contribution in [2.75, 3.05) is 32.8 Å². The Balaban J connectivity index is 1.91. The number of rotatable bonds is 2. The van der Waals surface area contributed by atoms with E-state index in [1.807, 2.05) is 0 Å². The zero-order valence-corrected chi connectivity index (χ0v) is 9.72. The Morgan fingerprint density at radius 3 is 2.88 bits per heavy atom. The number of carboxylic acid groups (broad SMARTS) is 1. The van der Waals surface area contributed by atoms with Crippen LogP contribution in [0, 0.1) is 5.92 Å². The fraction of sp³-hybridized carbons (Fsp3) is 0.818. The van der Waals surface area contributed by atoms with E-state index < -0.39 is 11.9 Å². The van der Waals surface area contributed by atoms with Gasteiger partial charge in [0, 0.05) is 19.6 Å². The molecule has 0 aromatic carbocycles. The summed E-state index contributed by atoms with van der Waals surface area (Å²) in [5.74, 6) is -1.26. The van der Waals surface area contributed by atoms with Crippen LogP contribution in [0.2, 0.25) is 0 Å². The van der Waals surface area contributed by atoms with Gasteiger partial charge in [0.05, 0.1) is 19.1 Å². The SMILES string of the molecule is O=C(O)[C@@H]1CCCN(C(=O)C2COCCN2)C1. The molecule has 0 radical (unpaired) electrons. The minimum atomic E-state index is -0.810. The zero-order chi connectivity index (χ0) is 12.3. The molecule has 2 saturated heterocycles. The number of nitrogens with one attached hydrogen (secondary N) is 1. The van der Waals surface area contributed by atoms with Crippen LogP contribution in [0.4, 0.5) is 0 Å². The summed E-state index contributed by atoms with van der Waals surface area (Å²) in [5.41, 5.74) is 0. The van der Waals surface area contributed by atoms with Crippen LogP contribution in [-0.2, 0) is 14.3 Å². The first-order valence-corrected chi connectivity index (χ1v) is 6.01. The maximum absolute atomic E-state index is 12.1. The quantitative estimate of drug-likeness (QED) is 0.669. The van der Waals surface area contributed by atoms with Crippen LogP contribution >= 0.6 is 0 Å². The summed E-state index contributed by atoms with van der Waals surface area (Å²) in [6.07, 6.45) is 1.42. The van der Waals surface area contributed by atoms with Gasteiger partial charge in [-0.2, -0.15) is 0 Å². The molecule has 0 aromatic heterocycles. The van der Waals surface area contributed by atoms with Crippen LogP contribution < -0.4 is 5.32 Å². The van der Waals surface area contributed by atoms with Crippen LogP contribution in [0.1, 0.15) is 12.8 Å². The summed E-state index contributed by atoms with van der Waals surface area (Å²) in [5, 5.41) is 12.1. The van der Waals surface area contributed by atoms with Gasteiger partial charge in [-0.25, -0.2) is 0 Å². The molecule has 6 nitrogen and oxygen atoms in total. The molecule has 1 amide bonds. The molecular formula is C11H18N2O4. The van der Waals surface area contributed by atoms with Crippen molar-refractivity contribution in [1.82, 2.24) is 10.2 Å². The number of aliphatic carboxylic acids is 1. The lowest BCUT2D eigenvalue weighted by Gasteiger charge is -2.34. The number of ether oxygens (including phenoxy) is 1. The van der Waals surface area contributed by atoms with E-state index in [2.05, 4.69) is 5.32 Å². The fourth-order valence-corrected chi connectivity index (χ4v) is 2.32. The van der Waals surface area contributed by atoms with Crippen molar-refractivity contribution >= 4 is 11.9 Å². The van der Waals surface area contributed by atoms with Crippen molar-refractivity contribution in [2.45, 2.75) is 18.9 Å². The number of carboxylic acids is 1. The van der Waals surface area contributed by atoms with E-state index in [0.717, 1.165) is 6.42 Å². The summed E-state index contributed by atoms with van der Waals surface area (Å²) < 4.78 is 5.24. The molecule has 96 valence electrons. The summed E-state index contributed by atoms with van der Waals surface area (Å²) >= 11 is 0. The molecule has 2 heterocycles. The van der Waals surface area contributed by atoms with Gasteiger partial charge in [-0.15, -0.1) is 0 Å². The van der Waals surface area contributed by atoms with Gasteiger partial charge in [0.1, 0.15) is 6.04 Å². The molecule has 0 spiro atoms. The third kappa shape index (κ3) is 2.95. The number of carbonyl (C=O) groups excluding carboxylic acids is 1. The van der Waals surface area contributed by atoms with Gasteiger partial charge in [0.2, 0.25) is 5.91 Å². The average molecular weight is 242 g/mol. The van der Waals surface area contributed by atoms with Gasteiger partial charge < -0.3 is 20.1 Å². The smallest absolute Gasteiger partial charge is 0.308 e. The normalized spacial score (nSPS) is 30.0. The fourth-order valence-electron chi connectivity index (χ4n) is 2.32. The number of hydrogen-bond acceptors (Lipinski definition) is 4. The number of carbonyl (C=O) groups is 2. The summed E-state index contributed by atoms with van der Waals surface area (Å²) in [6.45, 7) is 2.66. The van der Waals surface area contributed by atoms with Gasteiger partial charge in [0.15, 0.2) is 0 Å². The van der Waals surface area contributed by atoms with Crippen LogP contribution in [0.15, 0.2) is 0 Å². The summed E-state index contributed by atoms with van der Waals surface area (Å²) in [6, 6.07) is -0.309. The molecule has 17 heavy (non-hydrogen) atoms. The Labute approximate surface area is 99.9 Å². The molecule has 2 aliphatic rings. The first-order chi connectivity index (χ1) is 8.18. The molecular weight excluding hydrogens is 224 g/mol. The van der Waals surface area contributed by atoms with Gasteiger partial charge >= 0.3 is 5.97 Å². The van der Waals surface area contributed by atoms with E-state index in [0.29, 0.717) is 39.3 Å².